The topological polar surface area (TPSA) is 49.0 Å². The van der Waals surface area contributed by atoms with Crippen molar-refractivity contribution in [3.05, 3.63) is 28.9 Å². The van der Waals surface area contributed by atoms with E-state index in [2.05, 4.69) is 17.1 Å². The second kappa shape index (κ2) is 8.27. The minimum atomic E-state index is 0.200. The maximum Gasteiger partial charge on any atom is 0.250 e. The summed E-state index contributed by atoms with van der Waals surface area (Å²) >= 11 is 1.72. The van der Waals surface area contributed by atoms with Crippen molar-refractivity contribution in [3.63, 3.8) is 0 Å². The summed E-state index contributed by atoms with van der Waals surface area (Å²) in [5.74, 6) is 0.200. The molecule has 0 spiro atoms. The Morgan fingerprint density at radius 2 is 2.14 bits per heavy atom. The predicted octanol–water partition coefficient (Wildman–Crippen LogP) is 3.90. The van der Waals surface area contributed by atoms with E-state index in [0.717, 1.165) is 37.9 Å². The smallest absolute Gasteiger partial charge is 0.250 e. The lowest BCUT2D eigenvalue weighted by atomic mass is 10.2. The molecule has 1 aliphatic heterocycles. The molecule has 1 atom stereocenters. The fourth-order valence-corrected chi connectivity index (χ4v) is 3.55. The summed E-state index contributed by atoms with van der Waals surface area (Å²) in [5, 5.41) is 9.24. The minimum absolute atomic E-state index is 0.200. The molecule has 0 aromatic carbocycles. The van der Waals surface area contributed by atoms with Crippen molar-refractivity contribution in [2.45, 2.75) is 51.2 Å². The molecule has 5 heteroatoms. The Kier molecular flexibility index (Phi) is 6.36. The molecule has 1 amide bonds. The van der Waals surface area contributed by atoms with Crippen LogP contribution in [0.5, 0.6) is 0 Å². The summed E-state index contributed by atoms with van der Waals surface area (Å²) in [7, 11) is 0. The lowest BCUT2D eigenvalue weighted by molar-refractivity contribution is -0.127. The highest BCUT2D eigenvalue weighted by Crippen LogP contribution is 2.33. The first-order valence-corrected chi connectivity index (χ1v) is 8.76. The molecule has 0 saturated carbocycles. The van der Waals surface area contributed by atoms with E-state index in [1.165, 1.54) is 18.4 Å². The lowest BCUT2D eigenvalue weighted by Crippen LogP contribution is -2.32. The van der Waals surface area contributed by atoms with Crippen LogP contribution in [0.1, 0.15) is 56.8 Å². The SMILES string of the molecule is CCC(S/C=C(\C)C(=O)N1CCCCCC1)c1cn[nH]c1. The highest BCUT2D eigenvalue weighted by Gasteiger charge is 2.17. The summed E-state index contributed by atoms with van der Waals surface area (Å²) in [6.07, 6.45) is 9.59. The normalized spacial score (nSPS) is 18.4. The number of hydrogen-bond acceptors (Lipinski definition) is 3. The minimum Gasteiger partial charge on any atom is -0.339 e. The van der Waals surface area contributed by atoms with E-state index in [4.69, 9.17) is 0 Å². The number of amides is 1. The Balaban J connectivity index is 1.94. The quantitative estimate of drug-likeness (QED) is 0.839. The van der Waals surface area contributed by atoms with Gasteiger partial charge >= 0.3 is 0 Å². The number of hydrogen-bond donors (Lipinski definition) is 1. The maximum absolute atomic E-state index is 12.5. The number of carbonyl (C=O) groups excluding carboxylic acids is 1. The number of aromatic nitrogens is 2. The third-order valence-electron chi connectivity index (χ3n) is 3.90. The monoisotopic (exact) mass is 307 g/mol. The Morgan fingerprint density at radius 3 is 2.71 bits per heavy atom. The van der Waals surface area contributed by atoms with Gasteiger partial charge < -0.3 is 4.90 Å². The number of nitrogens with one attached hydrogen (secondary N) is 1. The van der Waals surface area contributed by atoms with E-state index in [0.29, 0.717) is 5.25 Å². The summed E-state index contributed by atoms with van der Waals surface area (Å²) in [4.78, 5) is 14.5. The van der Waals surface area contributed by atoms with Gasteiger partial charge in [-0.25, -0.2) is 0 Å². The Bertz CT molecular complexity index is 462. The van der Waals surface area contributed by atoms with Crippen LogP contribution in [0.2, 0.25) is 0 Å². The molecule has 4 nitrogen and oxygen atoms in total. The molecule has 2 rings (SSSR count). The highest BCUT2D eigenvalue weighted by atomic mass is 32.2. The zero-order valence-corrected chi connectivity index (χ0v) is 13.8. The van der Waals surface area contributed by atoms with Gasteiger partial charge in [-0.3, -0.25) is 9.89 Å². The predicted molar refractivity (Wildman–Crippen MR) is 88.0 cm³/mol. The summed E-state index contributed by atoms with van der Waals surface area (Å²) in [5.41, 5.74) is 2.04. The lowest BCUT2D eigenvalue weighted by Gasteiger charge is -2.20. The fourth-order valence-electron chi connectivity index (χ4n) is 2.61. The van der Waals surface area contributed by atoms with Crippen LogP contribution in [0.3, 0.4) is 0 Å². The molecule has 1 aromatic heterocycles. The first-order chi connectivity index (χ1) is 10.2. The molecule has 116 valence electrons. The molecular weight excluding hydrogens is 282 g/mol. The second-order valence-corrected chi connectivity index (χ2v) is 6.65. The third kappa shape index (κ3) is 4.63. The van der Waals surface area contributed by atoms with E-state index in [1.54, 1.807) is 11.8 Å². The van der Waals surface area contributed by atoms with Crippen LogP contribution < -0.4 is 0 Å². The third-order valence-corrected chi connectivity index (χ3v) is 5.33. The van der Waals surface area contributed by atoms with Gasteiger partial charge in [-0.05, 0) is 31.6 Å². The van der Waals surface area contributed by atoms with Crippen LogP contribution in [0, 0.1) is 0 Å². The fraction of sp³-hybridized carbons (Fsp3) is 0.625. The van der Waals surface area contributed by atoms with Crippen LogP contribution in [-0.2, 0) is 4.79 Å². The number of rotatable bonds is 5. The van der Waals surface area contributed by atoms with Crippen molar-refractivity contribution >= 4 is 17.7 Å². The molecule has 0 radical (unpaired) electrons. The molecule has 0 aliphatic carbocycles. The van der Waals surface area contributed by atoms with Gasteiger partial charge in [0.05, 0.1) is 6.20 Å². The van der Waals surface area contributed by atoms with Crippen molar-refractivity contribution in [1.82, 2.24) is 15.1 Å². The van der Waals surface area contributed by atoms with Gasteiger partial charge in [0.2, 0.25) is 5.91 Å². The van der Waals surface area contributed by atoms with Gasteiger partial charge in [-0.2, -0.15) is 5.10 Å². The summed E-state index contributed by atoms with van der Waals surface area (Å²) in [6, 6.07) is 0. The Labute approximate surface area is 131 Å². The van der Waals surface area contributed by atoms with Gasteiger partial charge in [0.1, 0.15) is 0 Å². The Hall–Kier alpha value is -1.23. The van der Waals surface area contributed by atoms with Crippen LogP contribution >= 0.6 is 11.8 Å². The van der Waals surface area contributed by atoms with E-state index in [-0.39, 0.29) is 5.91 Å². The van der Waals surface area contributed by atoms with Gasteiger partial charge in [0.25, 0.3) is 0 Å². The van der Waals surface area contributed by atoms with Crippen LogP contribution in [0.25, 0.3) is 0 Å². The maximum atomic E-state index is 12.5. The van der Waals surface area contributed by atoms with E-state index < -0.39 is 0 Å². The molecule has 21 heavy (non-hydrogen) atoms. The highest BCUT2D eigenvalue weighted by molar-refractivity contribution is 8.02. The van der Waals surface area contributed by atoms with Crippen LogP contribution in [-0.4, -0.2) is 34.1 Å². The van der Waals surface area contributed by atoms with Crippen LogP contribution in [0.4, 0.5) is 0 Å². The first kappa shape index (κ1) is 16.1. The number of nitrogens with zero attached hydrogens (tertiary/aromatic N) is 2. The molecule has 1 unspecified atom stereocenters. The molecule has 1 aliphatic rings. The largest absolute Gasteiger partial charge is 0.339 e. The zero-order chi connectivity index (χ0) is 15.1. The number of likely N-dealkylation sites (tertiary alicyclic amines) is 1. The van der Waals surface area contributed by atoms with Gasteiger partial charge in [0.15, 0.2) is 0 Å². The Morgan fingerprint density at radius 1 is 1.43 bits per heavy atom. The van der Waals surface area contributed by atoms with E-state index >= 15 is 0 Å². The molecule has 1 N–H and O–H groups in total. The van der Waals surface area contributed by atoms with Gasteiger partial charge in [0, 0.05) is 35.7 Å². The van der Waals surface area contributed by atoms with Crippen LogP contribution in [0.15, 0.2) is 23.4 Å². The average Bonchev–Trinajstić information content (AvgIpc) is 2.89. The molecule has 1 aromatic rings. The van der Waals surface area contributed by atoms with Crippen molar-refractivity contribution in [2.24, 2.45) is 0 Å². The molecule has 0 bridgehead atoms. The van der Waals surface area contributed by atoms with Crippen molar-refractivity contribution < 1.29 is 4.79 Å². The van der Waals surface area contributed by atoms with Gasteiger partial charge in [-0.1, -0.05) is 19.8 Å². The number of H-pyrrole nitrogens is 1. The number of carbonyl (C=O) groups is 1. The van der Waals surface area contributed by atoms with Gasteiger partial charge in [-0.15, -0.1) is 11.8 Å². The zero-order valence-electron chi connectivity index (χ0n) is 13.0. The second-order valence-electron chi connectivity index (χ2n) is 5.57. The number of aromatic amines is 1. The number of thioether (sulfide) groups is 1. The summed E-state index contributed by atoms with van der Waals surface area (Å²) in [6.45, 7) is 5.91. The van der Waals surface area contributed by atoms with Crippen molar-refractivity contribution in [2.75, 3.05) is 13.1 Å². The van der Waals surface area contributed by atoms with Crippen molar-refractivity contribution in [3.8, 4) is 0 Å². The standard InChI is InChI=1S/C16H25N3OS/c1-3-15(14-10-17-18-11-14)21-12-13(2)16(20)19-8-6-4-5-7-9-19/h10-12,15H,3-9H2,1-2H3,(H,17,18)/b13-12+. The van der Waals surface area contributed by atoms with E-state index in [9.17, 15) is 4.79 Å². The van der Waals surface area contributed by atoms with E-state index in [1.807, 2.05) is 29.6 Å². The molecule has 1 saturated heterocycles. The molecule has 2 heterocycles. The molecule has 1 fully saturated rings. The summed E-state index contributed by atoms with van der Waals surface area (Å²) < 4.78 is 0. The average molecular weight is 307 g/mol. The van der Waals surface area contributed by atoms with Crippen molar-refractivity contribution in [1.29, 1.82) is 0 Å². The molecular formula is C16H25N3OS. The first-order valence-electron chi connectivity index (χ1n) is 7.82.